The van der Waals surface area contributed by atoms with Gasteiger partial charge in [0.25, 0.3) is 5.91 Å². The van der Waals surface area contributed by atoms with Gasteiger partial charge in [-0.2, -0.15) is 0 Å². The summed E-state index contributed by atoms with van der Waals surface area (Å²) in [7, 11) is 0. The van der Waals surface area contributed by atoms with Gasteiger partial charge in [0.05, 0.1) is 0 Å². The summed E-state index contributed by atoms with van der Waals surface area (Å²) in [5.41, 5.74) is 5.94. The van der Waals surface area contributed by atoms with Crippen LogP contribution in [0.25, 0.3) is 11.1 Å². The zero-order valence-corrected chi connectivity index (χ0v) is 15.6. The van der Waals surface area contributed by atoms with Crippen molar-refractivity contribution in [1.29, 1.82) is 0 Å². The monoisotopic (exact) mass is 386 g/mol. The lowest BCUT2D eigenvalue weighted by Crippen LogP contribution is -2.26. The van der Waals surface area contributed by atoms with E-state index in [1.165, 1.54) is 0 Å². The summed E-state index contributed by atoms with van der Waals surface area (Å²) in [6.45, 7) is 0.449. The maximum absolute atomic E-state index is 12.2. The van der Waals surface area contributed by atoms with Crippen LogP contribution < -0.4 is 14.8 Å². The Morgan fingerprint density at radius 2 is 1.55 bits per heavy atom. The number of rotatable bonds is 5. The van der Waals surface area contributed by atoms with Crippen LogP contribution >= 0.6 is 0 Å². The smallest absolute Gasteiger partial charge is 0.261 e. The van der Waals surface area contributed by atoms with Crippen molar-refractivity contribution in [2.75, 3.05) is 13.4 Å². The minimum atomic E-state index is -0.244. The Hall–Kier alpha value is -3.80. The quantitative estimate of drug-likeness (QED) is 0.533. The molecule has 6 heteroatoms. The number of fused-ring (bicyclic) bond motifs is 4. The highest BCUT2D eigenvalue weighted by atomic mass is 16.7. The number of ether oxygens (including phenoxy) is 2. The number of benzene rings is 3. The van der Waals surface area contributed by atoms with E-state index in [0.717, 1.165) is 39.3 Å². The molecule has 0 fully saturated rings. The molecule has 0 unspecified atom stereocenters. The van der Waals surface area contributed by atoms with Crippen molar-refractivity contribution in [1.82, 2.24) is 5.32 Å². The Morgan fingerprint density at radius 1 is 0.897 bits per heavy atom. The molecule has 0 radical (unpaired) electrons. The topological polar surface area (TPSA) is 69.2 Å². The highest BCUT2D eigenvalue weighted by Gasteiger charge is 2.24. The minimum absolute atomic E-state index is 0.154. The van der Waals surface area contributed by atoms with E-state index in [1.807, 2.05) is 54.6 Å². The average molecular weight is 386 g/mol. The number of hydrogen-bond donors (Lipinski definition) is 1. The molecule has 0 saturated carbocycles. The second-order valence-corrected chi connectivity index (χ2v) is 6.77. The van der Waals surface area contributed by atoms with E-state index >= 15 is 0 Å². The van der Waals surface area contributed by atoms with Crippen molar-refractivity contribution in [2.45, 2.75) is 6.54 Å². The summed E-state index contributed by atoms with van der Waals surface area (Å²) in [5.74, 6) is 1.17. The summed E-state index contributed by atoms with van der Waals surface area (Å²) in [6.07, 6.45) is 0. The zero-order chi connectivity index (χ0) is 19.6. The largest absolute Gasteiger partial charge is 0.454 e. The molecule has 5 rings (SSSR count). The molecule has 1 N–H and O–H groups in total. The molecule has 0 saturated heterocycles. The lowest BCUT2D eigenvalue weighted by Gasteiger charge is -2.06. The first-order valence-corrected chi connectivity index (χ1v) is 9.34. The van der Waals surface area contributed by atoms with Crippen molar-refractivity contribution < 1.29 is 19.1 Å². The number of carbonyl (C=O) groups is 1. The molecule has 1 aliphatic heterocycles. The van der Waals surface area contributed by atoms with Crippen LogP contribution in [0.5, 0.6) is 11.5 Å². The van der Waals surface area contributed by atoms with E-state index in [-0.39, 0.29) is 19.3 Å². The Morgan fingerprint density at radius 3 is 2.28 bits per heavy atom. The van der Waals surface area contributed by atoms with Gasteiger partial charge in [-0.3, -0.25) is 4.79 Å². The number of nitrogens with zero attached hydrogens (tertiary/aromatic N) is 1. The average Bonchev–Trinajstić information content (AvgIpc) is 3.35. The van der Waals surface area contributed by atoms with E-state index in [4.69, 9.17) is 14.3 Å². The van der Waals surface area contributed by atoms with Gasteiger partial charge in [0, 0.05) is 17.7 Å². The number of nitrogens with one attached hydrogen (secondary N) is 1. The van der Waals surface area contributed by atoms with E-state index in [9.17, 15) is 4.79 Å². The molecule has 1 heterocycles. The first kappa shape index (κ1) is 17.3. The number of hydrogen-bond acceptors (Lipinski definition) is 5. The summed E-state index contributed by atoms with van der Waals surface area (Å²) in [5, 5.41) is 7.09. The van der Waals surface area contributed by atoms with Crippen LogP contribution in [-0.4, -0.2) is 25.0 Å². The first-order chi connectivity index (χ1) is 14.3. The van der Waals surface area contributed by atoms with Crippen LogP contribution in [0.4, 0.5) is 0 Å². The van der Waals surface area contributed by atoms with Crippen molar-refractivity contribution in [3.05, 3.63) is 83.4 Å². The van der Waals surface area contributed by atoms with Gasteiger partial charge in [-0.25, -0.2) is 0 Å². The zero-order valence-electron chi connectivity index (χ0n) is 15.6. The van der Waals surface area contributed by atoms with Gasteiger partial charge in [0.2, 0.25) is 6.79 Å². The lowest BCUT2D eigenvalue weighted by molar-refractivity contribution is -0.125. The molecular weight excluding hydrogens is 368 g/mol. The molecular formula is C23H18N2O4. The van der Waals surface area contributed by atoms with E-state index in [1.54, 1.807) is 0 Å². The molecule has 3 aromatic rings. The van der Waals surface area contributed by atoms with E-state index in [0.29, 0.717) is 12.3 Å². The fraction of sp³-hybridized carbons (Fsp3) is 0.130. The molecule has 2 aliphatic rings. The highest BCUT2D eigenvalue weighted by molar-refractivity contribution is 6.24. The third kappa shape index (κ3) is 3.29. The molecule has 0 bridgehead atoms. The number of oxime groups is 1. The minimum Gasteiger partial charge on any atom is -0.454 e. The summed E-state index contributed by atoms with van der Waals surface area (Å²) < 4.78 is 10.6. The van der Waals surface area contributed by atoms with E-state index < -0.39 is 0 Å². The molecule has 0 atom stereocenters. The van der Waals surface area contributed by atoms with Gasteiger partial charge < -0.3 is 19.6 Å². The predicted octanol–water partition coefficient (Wildman–Crippen LogP) is 3.48. The van der Waals surface area contributed by atoms with Crippen LogP contribution in [0.15, 0.2) is 71.9 Å². The Balaban J connectivity index is 1.23. The van der Waals surface area contributed by atoms with Crippen molar-refractivity contribution in [2.24, 2.45) is 5.16 Å². The van der Waals surface area contributed by atoms with Crippen molar-refractivity contribution in [3.63, 3.8) is 0 Å². The molecule has 1 aliphatic carbocycles. The number of carbonyl (C=O) groups excluding carboxylic acids is 1. The fourth-order valence-electron chi connectivity index (χ4n) is 3.55. The Bertz CT molecular complexity index is 1080. The van der Waals surface area contributed by atoms with Crippen molar-refractivity contribution in [3.8, 4) is 22.6 Å². The van der Waals surface area contributed by atoms with Gasteiger partial charge in [-0.05, 0) is 28.8 Å². The summed E-state index contributed by atoms with van der Waals surface area (Å²) >= 11 is 0. The van der Waals surface area contributed by atoms with E-state index in [2.05, 4.69) is 22.6 Å². The van der Waals surface area contributed by atoms with Gasteiger partial charge >= 0.3 is 0 Å². The van der Waals surface area contributed by atoms with Gasteiger partial charge in [-0.1, -0.05) is 59.8 Å². The van der Waals surface area contributed by atoms with Crippen LogP contribution in [0.1, 0.15) is 16.7 Å². The second kappa shape index (κ2) is 7.31. The predicted molar refractivity (Wildman–Crippen MR) is 108 cm³/mol. The van der Waals surface area contributed by atoms with Gasteiger partial charge in [0.1, 0.15) is 5.71 Å². The maximum Gasteiger partial charge on any atom is 0.261 e. The molecule has 0 aromatic heterocycles. The third-order valence-corrected chi connectivity index (χ3v) is 4.93. The lowest BCUT2D eigenvalue weighted by atomic mass is 10.1. The molecule has 0 spiro atoms. The fourth-order valence-corrected chi connectivity index (χ4v) is 3.55. The van der Waals surface area contributed by atoms with Gasteiger partial charge in [-0.15, -0.1) is 0 Å². The van der Waals surface area contributed by atoms with Crippen LogP contribution in [0, 0.1) is 0 Å². The van der Waals surface area contributed by atoms with Gasteiger partial charge in [0.15, 0.2) is 18.1 Å². The highest BCUT2D eigenvalue weighted by Crippen LogP contribution is 2.36. The number of amides is 1. The van der Waals surface area contributed by atoms with Crippen LogP contribution in [0.3, 0.4) is 0 Å². The third-order valence-electron chi connectivity index (χ3n) is 4.93. The SMILES string of the molecule is O=C(CON=C1c2ccccc2-c2ccccc21)NCc1ccc2c(c1)OCO2. The standard InChI is InChI=1S/C23H18N2O4/c26-22(24-12-15-9-10-20-21(11-15)28-14-27-20)13-29-25-23-18-7-3-1-5-16(18)17-6-2-4-8-19(17)23/h1-11H,12-14H2,(H,24,26). The Kier molecular flexibility index (Phi) is 4.37. The maximum atomic E-state index is 12.2. The second-order valence-electron chi connectivity index (χ2n) is 6.77. The molecule has 29 heavy (non-hydrogen) atoms. The molecule has 6 nitrogen and oxygen atoms in total. The van der Waals surface area contributed by atoms with Crippen LogP contribution in [0.2, 0.25) is 0 Å². The van der Waals surface area contributed by atoms with Crippen LogP contribution in [-0.2, 0) is 16.2 Å². The normalized spacial score (nSPS) is 12.9. The van der Waals surface area contributed by atoms with Crippen molar-refractivity contribution >= 4 is 11.6 Å². The first-order valence-electron chi connectivity index (χ1n) is 9.34. The summed E-state index contributed by atoms with van der Waals surface area (Å²) in [6, 6.07) is 21.7. The molecule has 1 amide bonds. The molecule has 3 aromatic carbocycles. The Labute approximate surface area is 167 Å². The summed E-state index contributed by atoms with van der Waals surface area (Å²) in [4.78, 5) is 17.5. The molecule has 144 valence electrons.